The third-order valence-corrected chi connectivity index (χ3v) is 4.99. The maximum absolute atomic E-state index is 13.4. The van der Waals surface area contributed by atoms with Crippen LogP contribution in [0.3, 0.4) is 0 Å². The molecule has 34 heavy (non-hydrogen) atoms. The summed E-state index contributed by atoms with van der Waals surface area (Å²) in [5.74, 6) is -3.85. The van der Waals surface area contributed by atoms with Crippen LogP contribution >= 0.6 is 0 Å². The normalized spacial score (nSPS) is 11.1. The SMILES string of the molecule is C=C(C)C(=O)OCCCCCCCCOc1ccc(/C(C#N)=C/c2cc(F)c(F)c(F)c2)cc1. The molecule has 0 aliphatic carbocycles. The van der Waals surface area contributed by atoms with Crippen molar-refractivity contribution >= 4 is 17.6 Å². The first kappa shape index (κ1) is 26.7. The molecule has 0 aliphatic rings. The summed E-state index contributed by atoms with van der Waals surface area (Å²) in [4.78, 5) is 11.3. The molecule has 7 heteroatoms. The molecule has 0 atom stereocenters. The summed E-state index contributed by atoms with van der Waals surface area (Å²) < 4.78 is 50.7. The molecule has 0 fully saturated rings. The monoisotopic (exact) mass is 471 g/mol. The summed E-state index contributed by atoms with van der Waals surface area (Å²) in [7, 11) is 0. The van der Waals surface area contributed by atoms with Crippen molar-refractivity contribution in [2.24, 2.45) is 0 Å². The maximum atomic E-state index is 13.4. The Morgan fingerprint density at radius 2 is 1.53 bits per heavy atom. The lowest BCUT2D eigenvalue weighted by atomic mass is 10.0. The number of hydrogen-bond donors (Lipinski definition) is 0. The van der Waals surface area contributed by atoms with Gasteiger partial charge in [-0.15, -0.1) is 0 Å². The Labute approximate surface area is 198 Å². The topological polar surface area (TPSA) is 59.3 Å². The standard InChI is InChI=1S/C27H28F3NO3/c1-19(2)27(32)34-14-8-6-4-3-5-7-13-33-23-11-9-21(10-12-23)22(18-31)15-20-16-24(28)26(30)25(29)17-20/h9-12,15-17H,1,3-8,13-14H2,2H3/b22-15+. The molecule has 0 amide bonds. The predicted octanol–water partition coefficient (Wildman–Crippen LogP) is 7.01. The maximum Gasteiger partial charge on any atom is 0.333 e. The minimum Gasteiger partial charge on any atom is -0.494 e. The quantitative estimate of drug-likeness (QED) is 0.0788. The molecular formula is C27H28F3NO3. The highest BCUT2D eigenvalue weighted by atomic mass is 19.2. The zero-order valence-electron chi connectivity index (χ0n) is 19.2. The van der Waals surface area contributed by atoms with Gasteiger partial charge in [0.05, 0.1) is 24.9 Å². The Morgan fingerprint density at radius 3 is 2.09 bits per heavy atom. The van der Waals surface area contributed by atoms with Crippen LogP contribution in [0.15, 0.2) is 48.6 Å². The number of benzene rings is 2. The van der Waals surface area contributed by atoms with Gasteiger partial charge in [-0.25, -0.2) is 18.0 Å². The second-order valence-electron chi connectivity index (χ2n) is 7.88. The molecule has 0 heterocycles. The largest absolute Gasteiger partial charge is 0.494 e. The number of carbonyl (C=O) groups excluding carboxylic acids is 1. The molecular weight excluding hydrogens is 443 g/mol. The predicted molar refractivity (Wildman–Crippen MR) is 125 cm³/mol. The van der Waals surface area contributed by atoms with Gasteiger partial charge in [-0.2, -0.15) is 5.26 Å². The van der Waals surface area contributed by atoms with E-state index in [0.29, 0.717) is 30.1 Å². The van der Waals surface area contributed by atoms with Gasteiger partial charge in [0, 0.05) is 5.57 Å². The van der Waals surface area contributed by atoms with Gasteiger partial charge in [0.15, 0.2) is 17.5 Å². The lowest BCUT2D eigenvalue weighted by Crippen LogP contribution is -2.06. The number of rotatable bonds is 13. The van der Waals surface area contributed by atoms with Crippen molar-refractivity contribution in [3.05, 3.63) is 77.1 Å². The van der Waals surface area contributed by atoms with Crippen molar-refractivity contribution in [2.45, 2.75) is 45.4 Å². The van der Waals surface area contributed by atoms with E-state index in [1.807, 2.05) is 6.07 Å². The van der Waals surface area contributed by atoms with Crippen LogP contribution in [0.1, 0.15) is 56.6 Å². The highest BCUT2D eigenvalue weighted by Crippen LogP contribution is 2.23. The van der Waals surface area contributed by atoms with Crippen molar-refractivity contribution in [3.8, 4) is 11.8 Å². The van der Waals surface area contributed by atoms with Gasteiger partial charge < -0.3 is 9.47 Å². The molecule has 0 saturated heterocycles. The number of nitrogens with zero attached hydrogens (tertiary/aromatic N) is 1. The van der Waals surface area contributed by atoms with Gasteiger partial charge in [0.2, 0.25) is 0 Å². The average molecular weight is 472 g/mol. The van der Waals surface area contributed by atoms with E-state index < -0.39 is 17.5 Å². The minimum absolute atomic E-state index is 0.0566. The summed E-state index contributed by atoms with van der Waals surface area (Å²) in [5, 5.41) is 9.40. The number of esters is 1. The zero-order chi connectivity index (χ0) is 24.9. The second kappa shape index (κ2) is 13.9. The van der Waals surface area contributed by atoms with Crippen molar-refractivity contribution in [3.63, 3.8) is 0 Å². The van der Waals surface area contributed by atoms with Gasteiger partial charge >= 0.3 is 5.97 Å². The van der Waals surface area contributed by atoms with Crippen molar-refractivity contribution in [1.29, 1.82) is 5.26 Å². The Bertz CT molecular complexity index is 1030. The van der Waals surface area contributed by atoms with Gasteiger partial charge in [-0.05, 0) is 73.4 Å². The van der Waals surface area contributed by atoms with Crippen molar-refractivity contribution in [2.75, 3.05) is 13.2 Å². The highest BCUT2D eigenvalue weighted by molar-refractivity contribution is 5.89. The average Bonchev–Trinajstić information content (AvgIpc) is 2.82. The summed E-state index contributed by atoms with van der Waals surface area (Å²) in [6.45, 7) is 6.15. The molecule has 0 unspecified atom stereocenters. The molecule has 0 N–H and O–H groups in total. The fourth-order valence-corrected chi connectivity index (χ4v) is 3.13. The van der Waals surface area contributed by atoms with Crippen LogP contribution in [-0.4, -0.2) is 19.2 Å². The lowest BCUT2D eigenvalue weighted by molar-refractivity contribution is -0.139. The van der Waals surface area contributed by atoms with E-state index in [-0.39, 0.29) is 17.1 Å². The number of unbranched alkanes of at least 4 members (excludes halogenated alkanes) is 5. The van der Waals surface area contributed by atoms with Gasteiger partial charge in [-0.3, -0.25) is 0 Å². The highest BCUT2D eigenvalue weighted by Gasteiger charge is 2.11. The van der Waals surface area contributed by atoms with Crippen LogP contribution in [0.25, 0.3) is 11.6 Å². The van der Waals surface area contributed by atoms with Crippen LogP contribution < -0.4 is 4.74 Å². The summed E-state index contributed by atoms with van der Waals surface area (Å²) in [5.41, 5.74) is 1.20. The number of hydrogen-bond acceptors (Lipinski definition) is 4. The molecule has 0 saturated carbocycles. The molecule has 2 rings (SSSR count). The van der Waals surface area contributed by atoms with E-state index in [4.69, 9.17) is 9.47 Å². The van der Waals surface area contributed by atoms with Gasteiger partial charge in [0.1, 0.15) is 5.75 Å². The smallest absolute Gasteiger partial charge is 0.333 e. The van der Waals surface area contributed by atoms with E-state index in [1.165, 1.54) is 6.08 Å². The lowest BCUT2D eigenvalue weighted by Gasteiger charge is -2.08. The van der Waals surface area contributed by atoms with E-state index in [0.717, 1.165) is 50.7 Å². The number of nitriles is 1. The molecule has 180 valence electrons. The molecule has 0 aromatic heterocycles. The van der Waals surface area contributed by atoms with Gasteiger partial charge in [-0.1, -0.05) is 32.3 Å². The molecule has 2 aromatic rings. The summed E-state index contributed by atoms with van der Waals surface area (Å²) in [6.07, 6.45) is 7.19. The van der Waals surface area contributed by atoms with Crippen LogP contribution in [0.5, 0.6) is 5.75 Å². The van der Waals surface area contributed by atoms with Crippen LogP contribution in [0.4, 0.5) is 13.2 Å². The molecule has 0 spiro atoms. The first-order valence-corrected chi connectivity index (χ1v) is 11.1. The molecule has 0 aliphatic heterocycles. The zero-order valence-corrected chi connectivity index (χ0v) is 19.2. The Hall–Kier alpha value is -3.53. The molecule has 0 bridgehead atoms. The fourth-order valence-electron chi connectivity index (χ4n) is 3.13. The molecule has 2 aromatic carbocycles. The van der Waals surface area contributed by atoms with E-state index in [1.54, 1.807) is 31.2 Å². The third-order valence-electron chi connectivity index (χ3n) is 4.99. The number of ether oxygens (including phenoxy) is 2. The van der Waals surface area contributed by atoms with Crippen molar-refractivity contribution < 1.29 is 27.4 Å². The number of halogens is 3. The summed E-state index contributed by atoms with van der Waals surface area (Å²) in [6, 6.07) is 10.5. The van der Waals surface area contributed by atoms with Crippen LogP contribution in [-0.2, 0) is 9.53 Å². The molecule has 0 radical (unpaired) electrons. The second-order valence-corrected chi connectivity index (χ2v) is 7.88. The first-order valence-electron chi connectivity index (χ1n) is 11.1. The Balaban J connectivity index is 1.71. The molecule has 4 nitrogen and oxygen atoms in total. The summed E-state index contributed by atoms with van der Waals surface area (Å²) >= 11 is 0. The van der Waals surface area contributed by atoms with E-state index >= 15 is 0 Å². The van der Waals surface area contributed by atoms with E-state index in [2.05, 4.69) is 6.58 Å². The van der Waals surface area contributed by atoms with Crippen LogP contribution in [0.2, 0.25) is 0 Å². The fraction of sp³-hybridized carbons (Fsp3) is 0.333. The first-order chi connectivity index (χ1) is 16.3. The van der Waals surface area contributed by atoms with Crippen LogP contribution in [0, 0.1) is 28.8 Å². The van der Waals surface area contributed by atoms with E-state index in [9.17, 15) is 23.2 Å². The Morgan fingerprint density at radius 1 is 0.971 bits per heavy atom. The Kier molecular flexibility index (Phi) is 10.9. The van der Waals surface area contributed by atoms with Crippen molar-refractivity contribution in [1.82, 2.24) is 0 Å². The number of carbonyl (C=O) groups is 1. The minimum atomic E-state index is -1.54. The number of allylic oxidation sites excluding steroid dienone is 1. The van der Waals surface area contributed by atoms with Gasteiger partial charge in [0.25, 0.3) is 0 Å². The third kappa shape index (κ3) is 8.78.